The maximum absolute atomic E-state index is 13.5. The van der Waals surface area contributed by atoms with Crippen molar-refractivity contribution in [2.75, 3.05) is 14.1 Å². The fraction of sp³-hybridized carbons (Fsp3) is 0.333. The molecule has 0 fully saturated rings. The van der Waals surface area contributed by atoms with Crippen molar-refractivity contribution in [3.05, 3.63) is 29.6 Å². The van der Waals surface area contributed by atoms with Gasteiger partial charge in [-0.25, -0.2) is 9.18 Å². The van der Waals surface area contributed by atoms with Crippen LogP contribution in [0.2, 0.25) is 0 Å². The zero-order valence-corrected chi connectivity index (χ0v) is 10.3. The van der Waals surface area contributed by atoms with Crippen LogP contribution >= 0.6 is 0 Å². The molecular formula is C12H14FNO4. The molecule has 0 saturated heterocycles. The highest BCUT2D eigenvalue weighted by Gasteiger charge is 2.22. The van der Waals surface area contributed by atoms with Crippen molar-refractivity contribution in [2.24, 2.45) is 0 Å². The zero-order valence-electron chi connectivity index (χ0n) is 10.3. The highest BCUT2D eigenvalue weighted by atomic mass is 19.1. The standard InChI is InChI=1S/C12H14FNO4/c1-7(11(15)14(2)3)18-10-8(12(16)17)5-4-6-9(10)13/h4-7H,1-3H3,(H,16,17). The van der Waals surface area contributed by atoms with Gasteiger partial charge in [-0.15, -0.1) is 0 Å². The number of nitrogens with zero attached hydrogens (tertiary/aromatic N) is 1. The number of halogens is 1. The van der Waals surface area contributed by atoms with Crippen LogP contribution in [0.5, 0.6) is 5.75 Å². The molecule has 6 heteroatoms. The largest absolute Gasteiger partial charge is 0.478 e. The van der Waals surface area contributed by atoms with Gasteiger partial charge < -0.3 is 14.7 Å². The Morgan fingerprint density at radius 2 is 2.00 bits per heavy atom. The number of carbonyl (C=O) groups excluding carboxylic acids is 1. The Bertz CT molecular complexity index is 473. The summed E-state index contributed by atoms with van der Waals surface area (Å²) in [7, 11) is 3.06. The molecule has 0 aliphatic rings. The van der Waals surface area contributed by atoms with E-state index in [1.54, 1.807) is 0 Å². The summed E-state index contributed by atoms with van der Waals surface area (Å²) in [6.07, 6.45) is -0.963. The van der Waals surface area contributed by atoms with Crippen LogP contribution in [0.1, 0.15) is 17.3 Å². The Balaban J connectivity index is 3.04. The normalized spacial score (nSPS) is 11.8. The van der Waals surface area contributed by atoms with E-state index in [9.17, 15) is 14.0 Å². The van der Waals surface area contributed by atoms with E-state index in [1.165, 1.54) is 38.1 Å². The van der Waals surface area contributed by atoms with Crippen LogP contribution in [-0.2, 0) is 4.79 Å². The fourth-order valence-electron chi connectivity index (χ4n) is 1.39. The number of carbonyl (C=O) groups is 2. The van der Waals surface area contributed by atoms with Gasteiger partial charge in [0, 0.05) is 14.1 Å². The van der Waals surface area contributed by atoms with Crippen molar-refractivity contribution in [1.82, 2.24) is 4.90 Å². The van der Waals surface area contributed by atoms with E-state index in [1.807, 2.05) is 0 Å². The first-order chi connectivity index (χ1) is 8.34. The molecule has 18 heavy (non-hydrogen) atoms. The number of aromatic carboxylic acids is 1. The van der Waals surface area contributed by atoms with Crippen LogP contribution in [0.3, 0.4) is 0 Å². The second-order valence-electron chi connectivity index (χ2n) is 3.91. The first kappa shape index (κ1) is 14.0. The molecule has 0 bridgehead atoms. The molecule has 98 valence electrons. The molecule has 1 aromatic rings. The maximum Gasteiger partial charge on any atom is 0.339 e. The molecular weight excluding hydrogens is 241 g/mol. The number of hydrogen-bond acceptors (Lipinski definition) is 3. The predicted octanol–water partition coefficient (Wildman–Crippen LogP) is 1.38. The van der Waals surface area contributed by atoms with E-state index in [-0.39, 0.29) is 11.5 Å². The average molecular weight is 255 g/mol. The van der Waals surface area contributed by atoms with E-state index < -0.39 is 23.6 Å². The van der Waals surface area contributed by atoms with Gasteiger partial charge in [0.05, 0.1) is 0 Å². The summed E-state index contributed by atoms with van der Waals surface area (Å²) in [6, 6.07) is 3.56. The number of carboxylic acid groups (broad SMARTS) is 1. The second kappa shape index (κ2) is 5.48. The Morgan fingerprint density at radius 1 is 1.39 bits per heavy atom. The minimum absolute atomic E-state index is 0.312. The Morgan fingerprint density at radius 3 is 2.50 bits per heavy atom. The average Bonchev–Trinajstić information content (AvgIpc) is 2.30. The van der Waals surface area contributed by atoms with Gasteiger partial charge in [0.1, 0.15) is 5.56 Å². The van der Waals surface area contributed by atoms with E-state index >= 15 is 0 Å². The molecule has 1 aromatic carbocycles. The van der Waals surface area contributed by atoms with Crippen molar-refractivity contribution in [3.8, 4) is 5.75 Å². The smallest absolute Gasteiger partial charge is 0.339 e. The molecule has 5 nitrogen and oxygen atoms in total. The Kier molecular flexibility index (Phi) is 4.25. The third-order valence-electron chi connectivity index (χ3n) is 2.28. The van der Waals surface area contributed by atoms with Gasteiger partial charge in [-0.1, -0.05) is 6.07 Å². The van der Waals surface area contributed by atoms with Crippen molar-refractivity contribution in [3.63, 3.8) is 0 Å². The van der Waals surface area contributed by atoms with Crippen LogP contribution < -0.4 is 4.74 Å². The molecule has 0 saturated carbocycles. The van der Waals surface area contributed by atoms with Crippen LogP contribution in [0.25, 0.3) is 0 Å². The van der Waals surface area contributed by atoms with Gasteiger partial charge in [0.15, 0.2) is 17.7 Å². The van der Waals surface area contributed by atoms with Gasteiger partial charge >= 0.3 is 5.97 Å². The minimum atomic E-state index is -1.31. The molecule has 1 rings (SSSR count). The topological polar surface area (TPSA) is 66.8 Å². The number of ether oxygens (including phenoxy) is 1. The first-order valence-electron chi connectivity index (χ1n) is 5.24. The first-order valence-corrected chi connectivity index (χ1v) is 5.24. The van der Waals surface area contributed by atoms with Gasteiger partial charge in [-0.2, -0.15) is 0 Å². The predicted molar refractivity (Wildman–Crippen MR) is 62.1 cm³/mol. The second-order valence-corrected chi connectivity index (χ2v) is 3.91. The molecule has 0 heterocycles. The summed E-state index contributed by atoms with van der Waals surface area (Å²) in [4.78, 5) is 23.8. The van der Waals surface area contributed by atoms with Crippen molar-refractivity contribution in [2.45, 2.75) is 13.0 Å². The molecule has 1 amide bonds. The van der Waals surface area contributed by atoms with Crippen molar-refractivity contribution >= 4 is 11.9 Å². The molecule has 0 aliphatic heterocycles. The molecule has 0 aliphatic carbocycles. The van der Waals surface area contributed by atoms with Gasteiger partial charge in [0.25, 0.3) is 5.91 Å². The number of hydrogen-bond donors (Lipinski definition) is 1. The van der Waals surface area contributed by atoms with E-state index in [0.29, 0.717) is 0 Å². The van der Waals surface area contributed by atoms with Crippen LogP contribution in [-0.4, -0.2) is 42.1 Å². The lowest BCUT2D eigenvalue weighted by molar-refractivity contribution is -0.135. The summed E-state index contributed by atoms with van der Waals surface area (Å²) in [5, 5.41) is 8.91. The SMILES string of the molecule is CC(Oc1c(F)cccc1C(=O)O)C(=O)N(C)C. The van der Waals surface area contributed by atoms with Gasteiger partial charge in [-0.3, -0.25) is 4.79 Å². The minimum Gasteiger partial charge on any atom is -0.478 e. The van der Waals surface area contributed by atoms with Gasteiger partial charge in [0.2, 0.25) is 0 Å². The lowest BCUT2D eigenvalue weighted by Gasteiger charge is -2.19. The Labute approximate surface area is 104 Å². The number of amides is 1. The molecule has 0 radical (unpaired) electrons. The van der Waals surface area contributed by atoms with Crippen molar-refractivity contribution < 1.29 is 23.8 Å². The van der Waals surface area contributed by atoms with Crippen LogP contribution in [0.4, 0.5) is 4.39 Å². The fourth-order valence-corrected chi connectivity index (χ4v) is 1.39. The highest BCUT2D eigenvalue weighted by molar-refractivity contribution is 5.91. The third-order valence-corrected chi connectivity index (χ3v) is 2.28. The summed E-state index contributed by atoms with van der Waals surface area (Å²) >= 11 is 0. The summed E-state index contributed by atoms with van der Waals surface area (Å²) in [5.41, 5.74) is -0.312. The number of likely N-dealkylation sites (N-methyl/N-ethyl adjacent to an activating group) is 1. The Hall–Kier alpha value is -2.11. The number of rotatable bonds is 4. The quantitative estimate of drug-likeness (QED) is 0.882. The van der Waals surface area contributed by atoms with E-state index in [4.69, 9.17) is 9.84 Å². The van der Waals surface area contributed by atoms with Crippen LogP contribution in [0.15, 0.2) is 18.2 Å². The molecule has 0 aromatic heterocycles. The summed E-state index contributed by atoms with van der Waals surface area (Å²) in [6.45, 7) is 1.43. The molecule has 1 atom stereocenters. The number of benzene rings is 1. The van der Waals surface area contributed by atoms with Gasteiger partial charge in [-0.05, 0) is 19.1 Å². The highest BCUT2D eigenvalue weighted by Crippen LogP contribution is 2.24. The monoisotopic (exact) mass is 255 g/mol. The van der Waals surface area contributed by atoms with E-state index in [2.05, 4.69) is 0 Å². The maximum atomic E-state index is 13.5. The number of para-hydroxylation sites is 1. The lowest BCUT2D eigenvalue weighted by Crippen LogP contribution is -2.35. The third kappa shape index (κ3) is 2.97. The molecule has 1 N–H and O–H groups in total. The summed E-state index contributed by atoms with van der Waals surface area (Å²) < 4.78 is 18.6. The van der Waals surface area contributed by atoms with Crippen molar-refractivity contribution in [1.29, 1.82) is 0 Å². The lowest BCUT2D eigenvalue weighted by atomic mass is 10.2. The number of carboxylic acids is 1. The summed E-state index contributed by atoms with van der Waals surface area (Å²) in [5.74, 6) is -2.93. The van der Waals surface area contributed by atoms with E-state index in [0.717, 1.165) is 6.07 Å². The molecule has 1 unspecified atom stereocenters. The van der Waals surface area contributed by atoms with Crippen LogP contribution in [0, 0.1) is 5.82 Å². The zero-order chi connectivity index (χ0) is 13.9. The molecule has 0 spiro atoms.